The molecule has 4 heteroatoms. The van der Waals surface area contributed by atoms with Gasteiger partial charge in [0.25, 0.3) is 0 Å². The zero-order chi connectivity index (χ0) is 12.4. The van der Waals surface area contributed by atoms with Crippen molar-refractivity contribution in [2.75, 3.05) is 12.3 Å². The van der Waals surface area contributed by atoms with Crippen LogP contribution in [0.5, 0.6) is 0 Å². The first-order valence-electron chi connectivity index (χ1n) is 6.38. The van der Waals surface area contributed by atoms with Crippen molar-refractivity contribution in [2.24, 2.45) is 5.92 Å². The quantitative estimate of drug-likeness (QED) is 0.850. The number of hydrogen-bond acceptors (Lipinski definition) is 4. The number of nitrogens with two attached hydrogens (primary N) is 1. The lowest BCUT2D eigenvalue weighted by atomic mass is 9.95. The molecule has 1 aromatic heterocycles. The van der Waals surface area contributed by atoms with E-state index in [1.165, 1.54) is 12.8 Å². The normalized spacial score (nSPS) is 26.1. The zero-order valence-electron chi connectivity index (χ0n) is 11.0. The molecule has 2 N–H and O–H groups in total. The highest BCUT2D eigenvalue weighted by molar-refractivity contribution is 5.29. The minimum absolute atomic E-state index is 0.574. The van der Waals surface area contributed by atoms with Gasteiger partial charge >= 0.3 is 0 Å². The van der Waals surface area contributed by atoms with Crippen LogP contribution in [-0.2, 0) is 6.54 Å². The molecule has 0 saturated carbocycles. The summed E-state index contributed by atoms with van der Waals surface area (Å²) in [6.07, 6.45) is 2.59. The lowest BCUT2D eigenvalue weighted by Gasteiger charge is -2.36. The van der Waals surface area contributed by atoms with Gasteiger partial charge in [-0.25, -0.2) is 9.97 Å². The monoisotopic (exact) mass is 234 g/mol. The number of hydrogen-bond donors (Lipinski definition) is 1. The van der Waals surface area contributed by atoms with Crippen molar-refractivity contribution in [3.8, 4) is 0 Å². The van der Waals surface area contributed by atoms with Gasteiger partial charge in [-0.3, -0.25) is 4.90 Å². The van der Waals surface area contributed by atoms with Crippen molar-refractivity contribution >= 4 is 5.82 Å². The average Bonchev–Trinajstić information content (AvgIpc) is 2.22. The molecule has 4 nitrogen and oxygen atoms in total. The Labute approximate surface area is 103 Å². The van der Waals surface area contributed by atoms with Crippen LogP contribution in [0, 0.1) is 12.8 Å². The van der Waals surface area contributed by atoms with Gasteiger partial charge in [0.2, 0.25) is 0 Å². The molecule has 0 radical (unpaired) electrons. The van der Waals surface area contributed by atoms with E-state index in [1.54, 1.807) is 0 Å². The maximum atomic E-state index is 5.76. The Kier molecular flexibility index (Phi) is 3.62. The molecular weight excluding hydrogens is 212 g/mol. The van der Waals surface area contributed by atoms with Crippen LogP contribution in [0.2, 0.25) is 0 Å². The fourth-order valence-corrected chi connectivity index (χ4v) is 2.51. The maximum absolute atomic E-state index is 5.76. The zero-order valence-corrected chi connectivity index (χ0v) is 11.0. The predicted octanol–water partition coefficient (Wildman–Crippen LogP) is 1.99. The molecule has 17 heavy (non-hydrogen) atoms. The van der Waals surface area contributed by atoms with Crippen molar-refractivity contribution in [1.29, 1.82) is 0 Å². The second-order valence-electron chi connectivity index (χ2n) is 5.31. The standard InChI is InChI=1S/C13H22N4/c1-9-4-5-11(3)17(7-9)8-13-15-10(2)6-12(14)16-13/h6,9,11H,4-5,7-8H2,1-3H3,(H2,14,15,16). The minimum Gasteiger partial charge on any atom is -0.384 e. The van der Waals surface area contributed by atoms with Gasteiger partial charge < -0.3 is 5.73 Å². The fraction of sp³-hybridized carbons (Fsp3) is 0.692. The lowest BCUT2D eigenvalue weighted by Crippen LogP contribution is -2.40. The number of nitrogens with zero attached hydrogens (tertiary/aromatic N) is 3. The van der Waals surface area contributed by atoms with Gasteiger partial charge in [0.1, 0.15) is 11.6 Å². The maximum Gasteiger partial charge on any atom is 0.144 e. The third-order valence-electron chi connectivity index (χ3n) is 3.51. The lowest BCUT2D eigenvalue weighted by molar-refractivity contribution is 0.114. The summed E-state index contributed by atoms with van der Waals surface area (Å²) in [7, 11) is 0. The van der Waals surface area contributed by atoms with E-state index in [2.05, 4.69) is 28.7 Å². The molecule has 1 fully saturated rings. The van der Waals surface area contributed by atoms with Crippen molar-refractivity contribution < 1.29 is 0 Å². The van der Waals surface area contributed by atoms with Crippen LogP contribution in [0.25, 0.3) is 0 Å². The first kappa shape index (κ1) is 12.3. The van der Waals surface area contributed by atoms with E-state index in [1.807, 2.05) is 13.0 Å². The summed E-state index contributed by atoms with van der Waals surface area (Å²) < 4.78 is 0. The summed E-state index contributed by atoms with van der Waals surface area (Å²) in [5, 5.41) is 0. The topological polar surface area (TPSA) is 55.0 Å². The molecule has 1 aromatic rings. The second kappa shape index (κ2) is 5.00. The highest BCUT2D eigenvalue weighted by Crippen LogP contribution is 2.22. The molecule has 0 spiro atoms. The Hall–Kier alpha value is -1.16. The molecule has 1 aliphatic heterocycles. The smallest absolute Gasteiger partial charge is 0.144 e. The third kappa shape index (κ3) is 3.16. The van der Waals surface area contributed by atoms with Crippen molar-refractivity contribution in [3.05, 3.63) is 17.6 Å². The number of aromatic nitrogens is 2. The molecule has 0 aliphatic carbocycles. The van der Waals surface area contributed by atoms with E-state index in [0.717, 1.165) is 30.5 Å². The summed E-state index contributed by atoms with van der Waals surface area (Å²) in [5.41, 5.74) is 6.71. The highest BCUT2D eigenvalue weighted by atomic mass is 15.2. The average molecular weight is 234 g/mol. The molecule has 0 bridgehead atoms. The molecule has 1 aliphatic rings. The number of piperidine rings is 1. The van der Waals surface area contributed by atoms with Crippen LogP contribution in [0.4, 0.5) is 5.82 Å². The number of rotatable bonds is 2. The van der Waals surface area contributed by atoms with Crippen molar-refractivity contribution in [1.82, 2.24) is 14.9 Å². The number of nitrogen functional groups attached to an aromatic ring is 1. The Bertz CT molecular complexity index is 371. The van der Waals surface area contributed by atoms with Crippen LogP contribution in [-0.4, -0.2) is 27.5 Å². The number of anilines is 1. The number of likely N-dealkylation sites (tertiary alicyclic amines) is 1. The van der Waals surface area contributed by atoms with Crippen LogP contribution in [0.15, 0.2) is 6.07 Å². The Morgan fingerprint density at radius 1 is 1.35 bits per heavy atom. The van der Waals surface area contributed by atoms with Gasteiger partial charge in [-0.15, -0.1) is 0 Å². The Morgan fingerprint density at radius 3 is 2.82 bits per heavy atom. The van der Waals surface area contributed by atoms with E-state index >= 15 is 0 Å². The molecule has 94 valence electrons. The van der Waals surface area contributed by atoms with Gasteiger partial charge in [-0.05, 0) is 32.6 Å². The van der Waals surface area contributed by atoms with Crippen molar-refractivity contribution in [3.63, 3.8) is 0 Å². The predicted molar refractivity (Wildman–Crippen MR) is 69.5 cm³/mol. The van der Waals surface area contributed by atoms with E-state index in [4.69, 9.17) is 5.73 Å². The van der Waals surface area contributed by atoms with Gasteiger partial charge in [0.05, 0.1) is 6.54 Å². The second-order valence-corrected chi connectivity index (χ2v) is 5.31. The van der Waals surface area contributed by atoms with Gasteiger partial charge in [0, 0.05) is 24.3 Å². The SMILES string of the molecule is Cc1cc(N)nc(CN2CC(C)CCC2C)n1. The minimum atomic E-state index is 0.574. The first-order chi connectivity index (χ1) is 8.04. The van der Waals surface area contributed by atoms with Gasteiger partial charge in [0.15, 0.2) is 0 Å². The molecule has 2 atom stereocenters. The van der Waals surface area contributed by atoms with Crippen LogP contribution in [0.3, 0.4) is 0 Å². The summed E-state index contributed by atoms with van der Waals surface area (Å²) in [5.74, 6) is 2.20. The summed E-state index contributed by atoms with van der Waals surface area (Å²) in [6.45, 7) is 8.51. The fourth-order valence-electron chi connectivity index (χ4n) is 2.51. The van der Waals surface area contributed by atoms with Gasteiger partial charge in [-0.1, -0.05) is 6.92 Å². The highest BCUT2D eigenvalue weighted by Gasteiger charge is 2.23. The first-order valence-corrected chi connectivity index (χ1v) is 6.38. The largest absolute Gasteiger partial charge is 0.384 e. The van der Waals surface area contributed by atoms with Crippen LogP contribution >= 0.6 is 0 Å². The Balaban J connectivity index is 2.08. The molecule has 2 unspecified atom stereocenters. The van der Waals surface area contributed by atoms with Crippen molar-refractivity contribution in [2.45, 2.75) is 46.2 Å². The molecule has 0 aromatic carbocycles. The van der Waals surface area contributed by atoms with Gasteiger partial charge in [-0.2, -0.15) is 0 Å². The summed E-state index contributed by atoms with van der Waals surface area (Å²) in [6, 6.07) is 2.43. The summed E-state index contributed by atoms with van der Waals surface area (Å²) >= 11 is 0. The van der Waals surface area contributed by atoms with E-state index < -0.39 is 0 Å². The third-order valence-corrected chi connectivity index (χ3v) is 3.51. The number of aryl methyl sites for hydroxylation is 1. The van der Waals surface area contributed by atoms with E-state index in [-0.39, 0.29) is 0 Å². The van der Waals surface area contributed by atoms with E-state index in [0.29, 0.717) is 11.9 Å². The molecule has 0 amide bonds. The molecule has 2 heterocycles. The Morgan fingerprint density at radius 2 is 2.12 bits per heavy atom. The van der Waals surface area contributed by atoms with Crippen LogP contribution < -0.4 is 5.73 Å². The molecule has 2 rings (SSSR count). The summed E-state index contributed by atoms with van der Waals surface area (Å²) in [4.78, 5) is 11.2. The molecule has 1 saturated heterocycles. The van der Waals surface area contributed by atoms with E-state index in [9.17, 15) is 0 Å². The molecular formula is C13H22N4. The van der Waals surface area contributed by atoms with Crippen LogP contribution in [0.1, 0.15) is 38.2 Å².